The van der Waals surface area contributed by atoms with Crippen molar-refractivity contribution in [1.82, 2.24) is 14.5 Å². The summed E-state index contributed by atoms with van der Waals surface area (Å²) in [7, 11) is -3.52. The second kappa shape index (κ2) is 5.09. The van der Waals surface area contributed by atoms with Gasteiger partial charge in [0.25, 0.3) is 0 Å². The fourth-order valence-electron chi connectivity index (χ4n) is 1.30. The highest BCUT2D eigenvalue weighted by Gasteiger charge is 2.25. The summed E-state index contributed by atoms with van der Waals surface area (Å²) in [4.78, 5) is 0.191. The minimum absolute atomic E-state index is 0.191. The van der Waals surface area contributed by atoms with Crippen LogP contribution in [0.25, 0.3) is 0 Å². The van der Waals surface area contributed by atoms with Gasteiger partial charge in [0.1, 0.15) is 4.90 Å². The number of nitrogens with zero attached hydrogens (tertiary/aromatic N) is 2. The number of hydrogen-bond acceptors (Lipinski definition) is 3. The Morgan fingerprint density at radius 3 is 2.38 bits per heavy atom. The molecule has 0 fully saturated rings. The molecule has 1 heterocycles. The summed E-state index contributed by atoms with van der Waals surface area (Å²) in [5.41, 5.74) is 0.526. The average molecular weight is 241 g/mol. The Morgan fingerprint density at radius 2 is 2.00 bits per heavy atom. The molecule has 0 aliphatic rings. The standard InChI is InChI=1S/C10H15N3O2S/c1-4-6-13(7-5-2)16(14,15)10-8-11-12-9(10)3/h4-5,8H,1-2,6-7H2,3H3,(H,11,12). The number of hydrogen-bond donors (Lipinski definition) is 1. The number of aryl methyl sites for hydroxylation is 1. The molecule has 1 aromatic rings. The highest BCUT2D eigenvalue weighted by molar-refractivity contribution is 7.89. The van der Waals surface area contributed by atoms with Crippen LogP contribution in [0.4, 0.5) is 0 Å². The van der Waals surface area contributed by atoms with E-state index < -0.39 is 10.0 Å². The summed E-state index contributed by atoms with van der Waals surface area (Å²) in [5, 5.41) is 6.31. The molecule has 6 heteroatoms. The van der Waals surface area contributed by atoms with Crippen LogP contribution in [-0.2, 0) is 10.0 Å². The van der Waals surface area contributed by atoms with Gasteiger partial charge < -0.3 is 0 Å². The minimum Gasteiger partial charge on any atom is -0.281 e. The number of nitrogens with one attached hydrogen (secondary N) is 1. The molecule has 0 saturated heterocycles. The SMILES string of the molecule is C=CCN(CC=C)S(=O)(=O)c1cn[nH]c1C. The van der Waals surface area contributed by atoms with Gasteiger partial charge in [0.15, 0.2) is 0 Å². The molecular formula is C10H15N3O2S. The monoisotopic (exact) mass is 241 g/mol. The molecule has 0 aliphatic carbocycles. The molecule has 0 atom stereocenters. The first-order valence-corrected chi connectivity index (χ1v) is 6.20. The van der Waals surface area contributed by atoms with Crippen LogP contribution in [0.2, 0.25) is 0 Å². The van der Waals surface area contributed by atoms with Crippen molar-refractivity contribution in [2.75, 3.05) is 13.1 Å². The largest absolute Gasteiger partial charge is 0.281 e. The number of H-pyrrole nitrogens is 1. The van der Waals surface area contributed by atoms with Gasteiger partial charge >= 0.3 is 0 Å². The Balaban J connectivity index is 3.12. The van der Waals surface area contributed by atoms with Crippen molar-refractivity contribution in [2.24, 2.45) is 0 Å². The summed E-state index contributed by atoms with van der Waals surface area (Å²) >= 11 is 0. The van der Waals surface area contributed by atoms with Gasteiger partial charge in [-0.3, -0.25) is 5.10 Å². The van der Waals surface area contributed by atoms with E-state index in [2.05, 4.69) is 23.4 Å². The first-order valence-electron chi connectivity index (χ1n) is 4.76. The molecule has 88 valence electrons. The molecule has 0 spiro atoms. The van der Waals surface area contributed by atoms with Crippen molar-refractivity contribution in [2.45, 2.75) is 11.8 Å². The number of aromatic amines is 1. The van der Waals surface area contributed by atoms with E-state index >= 15 is 0 Å². The third kappa shape index (κ3) is 2.40. The molecule has 0 unspecified atom stereocenters. The van der Waals surface area contributed by atoms with E-state index in [0.29, 0.717) is 5.69 Å². The lowest BCUT2D eigenvalue weighted by Crippen LogP contribution is -2.31. The Labute approximate surface area is 95.5 Å². The Hall–Kier alpha value is -1.40. The van der Waals surface area contributed by atoms with Crippen molar-refractivity contribution < 1.29 is 8.42 Å². The summed E-state index contributed by atoms with van der Waals surface area (Å²) in [6.45, 7) is 9.24. The molecule has 0 radical (unpaired) electrons. The predicted molar refractivity (Wildman–Crippen MR) is 62.5 cm³/mol. The molecule has 0 amide bonds. The number of aromatic nitrogens is 2. The van der Waals surface area contributed by atoms with Crippen LogP contribution in [0.1, 0.15) is 5.69 Å². The summed E-state index contributed by atoms with van der Waals surface area (Å²) in [6.07, 6.45) is 4.39. The van der Waals surface area contributed by atoms with Crippen molar-refractivity contribution in [3.8, 4) is 0 Å². The van der Waals surface area contributed by atoms with Gasteiger partial charge in [0, 0.05) is 13.1 Å². The molecule has 1 N–H and O–H groups in total. The van der Waals surface area contributed by atoms with E-state index in [4.69, 9.17) is 0 Å². The van der Waals surface area contributed by atoms with E-state index in [9.17, 15) is 8.42 Å². The quantitative estimate of drug-likeness (QED) is 0.758. The number of sulfonamides is 1. The van der Waals surface area contributed by atoms with Crippen LogP contribution in [0.3, 0.4) is 0 Å². The van der Waals surface area contributed by atoms with Gasteiger partial charge in [-0.1, -0.05) is 12.2 Å². The highest BCUT2D eigenvalue weighted by Crippen LogP contribution is 2.17. The first kappa shape index (κ1) is 12.7. The van der Waals surface area contributed by atoms with Gasteiger partial charge in [-0.05, 0) is 6.92 Å². The fraction of sp³-hybridized carbons (Fsp3) is 0.300. The molecule has 0 aromatic carbocycles. The summed E-state index contributed by atoms with van der Waals surface area (Å²) < 4.78 is 25.6. The molecule has 0 saturated carbocycles. The Kier molecular flexibility index (Phi) is 4.03. The van der Waals surface area contributed by atoms with Crippen LogP contribution in [0.15, 0.2) is 36.4 Å². The third-order valence-corrected chi connectivity index (χ3v) is 4.01. The van der Waals surface area contributed by atoms with Crippen LogP contribution in [0.5, 0.6) is 0 Å². The Morgan fingerprint density at radius 1 is 1.44 bits per heavy atom. The second-order valence-electron chi connectivity index (χ2n) is 3.26. The van der Waals surface area contributed by atoms with Gasteiger partial charge in [0.05, 0.1) is 11.9 Å². The second-order valence-corrected chi connectivity index (χ2v) is 5.16. The smallest absolute Gasteiger partial charge is 0.247 e. The topological polar surface area (TPSA) is 66.1 Å². The van der Waals surface area contributed by atoms with Crippen molar-refractivity contribution >= 4 is 10.0 Å². The fourth-order valence-corrected chi connectivity index (χ4v) is 2.80. The maximum atomic E-state index is 12.2. The highest BCUT2D eigenvalue weighted by atomic mass is 32.2. The summed E-state index contributed by atoms with van der Waals surface area (Å²) in [6, 6.07) is 0. The van der Waals surface area contributed by atoms with E-state index in [1.165, 1.54) is 22.7 Å². The maximum absolute atomic E-state index is 12.2. The zero-order valence-electron chi connectivity index (χ0n) is 9.18. The van der Waals surface area contributed by atoms with Crippen molar-refractivity contribution in [1.29, 1.82) is 0 Å². The van der Waals surface area contributed by atoms with E-state index in [1.807, 2.05) is 0 Å². The zero-order chi connectivity index (χ0) is 12.2. The predicted octanol–water partition coefficient (Wildman–Crippen LogP) is 1.08. The lowest BCUT2D eigenvalue weighted by atomic mass is 10.5. The van der Waals surface area contributed by atoms with Crippen LogP contribution in [0, 0.1) is 6.92 Å². The molecule has 0 aliphatic heterocycles. The molecule has 0 bridgehead atoms. The normalized spacial score (nSPS) is 11.6. The van der Waals surface area contributed by atoms with Gasteiger partial charge in [-0.15, -0.1) is 13.2 Å². The summed E-state index contributed by atoms with van der Waals surface area (Å²) in [5.74, 6) is 0. The average Bonchev–Trinajstić information content (AvgIpc) is 2.65. The van der Waals surface area contributed by atoms with Crippen LogP contribution >= 0.6 is 0 Å². The van der Waals surface area contributed by atoms with Gasteiger partial charge in [-0.25, -0.2) is 8.42 Å². The molecule has 1 rings (SSSR count). The van der Waals surface area contributed by atoms with E-state index in [0.717, 1.165) is 0 Å². The number of rotatable bonds is 6. The van der Waals surface area contributed by atoms with Crippen LogP contribution in [-0.4, -0.2) is 36.0 Å². The third-order valence-electron chi connectivity index (χ3n) is 2.07. The molecule has 1 aromatic heterocycles. The van der Waals surface area contributed by atoms with E-state index in [-0.39, 0.29) is 18.0 Å². The van der Waals surface area contributed by atoms with E-state index in [1.54, 1.807) is 6.92 Å². The Bertz CT molecular complexity index is 466. The molecule has 5 nitrogen and oxygen atoms in total. The van der Waals surface area contributed by atoms with Crippen molar-refractivity contribution in [3.05, 3.63) is 37.2 Å². The minimum atomic E-state index is -3.52. The van der Waals surface area contributed by atoms with Crippen LogP contribution < -0.4 is 0 Å². The van der Waals surface area contributed by atoms with Crippen molar-refractivity contribution in [3.63, 3.8) is 0 Å². The van der Waals surface area contributed by atoms with Gasteiger partial charge in [-0.2, -0.15) is 9.40 Å². The molecular weight excluding hydrogens is 226 g/mol. The maximum Gasteiger partial charge on any atom is 0.247 e. The zero-order valence-corrected chi connectivity index (χ0v) is 10.00. The molecule has 16 heavy (non-hydrogen) atoms. The lowest BCUT2D eigenvalue weighted by molar-refractivity contribution is 0.474. The van der Waals surface area contributed by atoms with Gasteiger partial charge in [0.2, 0.25) is 10.0 Å². The first-order chi connectivity index (χ1) is 7.54. The lowest BCUT2D eigenvalue weighted by Gasteiger charge is -2.18.